The van der Waals surface area contributed by atoms with Crippen LogP contribution >= 0.6 is 0 Å². The van der Waals surface area contributed by atoms with E-state index in [2.05, 4.69) is 0 Å². The van der Waals surface area contributed by atoms with Gasteiger partial charge in [0.1, 0.15) is 6.42 Å². The van der Waals surface area contributed by atoms with Gasteiger partial charge in [0.15, 0.2) is 0 Å². The van der Waals surface area contributed by atoms with Crippen LogP contribution in [0.5, 0.6) is 0 Å². The van der Waals surface area contributed by atoms with Gasteiger partial charge < -0.3 is 10.0 Å². The number of aromatic carboxylic acids is 1. The highest BCUT2D eigenvalue weighted by molar-refractivity contribution is 5.87. The Hall–Kier alpha value is -2.05. The van der Waals surface area contributed by atoms with Crippen LogP contribution < -0.4 is 0 Å². The summed E-state index contributed by atoms with van der Waals surface area (Å²) in [5, 5.41) is 8.68. The first-order valence-corrected chi connectivity index (χ1v) is 5.32. The Morgan fingerprint density at radius 2 is 1.74 bits per heavy atom. The molecule has 0 saturated carbocycles. The van der Waals surface area contributed by atoms with Crippen molar-refractivity contribution in [3.05, 3.63) is 35.4 Å². The number of hydrogen-bond donors (Lipinski definition) is 1. The Bertz CT molecular complexity index is 468. The van der Waals surface area contributed by atoms with Gasteiger partial charge in [-0.3, -0.25) is 4.79 Å². The van der Waals surface area contributed by atoms with Gasteiger partial charge in [-0.2, -0.15) is 13.2 Å². The highest BCUT2D eigenvalue weighted by Gasteiger charge is 2.32. The number of nitrogens with zero attached hydrogens (tertiary/aromatic N) is 1. The third-order valence-corrected chi connectivity index (χ3v) is 2.40. The third-order valence-electron chi connectivity index (χ3n) is 2.40. The minimum atomic E-state index is -4.53. The molecule has 0 spiro atoms. The van der Waals surface area contributed by atoms with E-state index < -0.39 is 24.5 Å². The van der Waals surface area contributed by atoms with Crippen molar-refractivity contribution in [1.82, 2.24) is 4.90 Å². The van der Waals surface area contributed by atoms with Crippen LogP contribution in [0.3, 0.4) is 0 Å². The lowest BCUT2D eigenvalue weighted by Gasteiger charge is -2.18. The molecule has 19 heavy (non-hydrogen) atoms. The van der Waals surface area contributed by atoms with Crippen molar-refractivity contribution in [3.8, 4) is 0 Å². The van der Waals surface area contributed by atoms with E-state index in [-0.39, 0.29) is 12.1 Å². The normalized spacial score (nSPS) is 11.2. The predicted molar refractivity (Wildman–Crippen MR) is 60.5 cm³/mol. The largest absolute Gasteiger partial charge is 0.478 e. The molecule has 7 heteroatoms. The fraction of sp³-hybridized carbons (Fsp3) is 0.333. The van der Waals surface area contributed by atoms with E-state index in [1.54, 1.807) is 0 Å². The van der Waals surface area contributed by atoms with Crippen molar-refractivity contribution >= 4 is 11.9 Å². The number of carboxylic acids is 1. The first-order valence-electron chi connectivity index (χ1n) is 5.32. The van der Waals surface area contributed by atoms with Gasteiger partial charge >= 0.3 is 12.1 Å². The van der Waals surface area contributed by atoms with Crippen molar-refractivity contribution in [2.24, 2.45) is 0 Å². The number of benzene rings is 1. The molecule has 1 aromatic carbocycles. The molecule has 0 bridgehead atoms. The third kappa shape index (κ3) is 4.99. The molecule has 0 unspecified atom stereocenters. The zero-order valence-corrected chi connectivity index (χ0v) is 10.1. The highest BCUT2D eigenvalue weighted by atomic mass is 19.4. The van der Waals surface area contributed by atoms with Gasteiger partial charge in [-0.15, -0.1) is 0 Å². The molecule has 1 aromatic rings. The zero-order chi connectivity index (χ0) is 14.6. The number of carbonyl (C=O) groups is 2. The number of carbonyl (C=O) groups excluding carboxylic acids is 1. The molecule has 1 N–H and O–H groups in total. The molecular formula is C12H12F3NO3. The summed E-state index contributed by atoms with van der Waals surface area (Å²) in [5.74, 6) is -2.12. The van der Waals surface area contributed by atoms with Crippen molar-refractivity contribution in [2.75, 3.05) is 7.05 Å². The van der Waals surface area contributed by atoms with E-state index in [1.165, 1.54) is 31.3 Å². The Morgan fingerprint density at radius 3 is 2.16 bits per heavy atom. The SMILES string of the molecule is CN(Cc1ccc(C(=O)O)cc1)C(=O)CC(F)(F)F. The first-order chi connectivity index (χ1) is 8.69. The molecule has 0 saturated heterocycles. The average molecular weight is 275 g/mol. The predicted octanol–water partition coefficient (Wildman–Crippen LogP) is 2.30. The topological polar surface area (TPSA) is 57.6 Å². The van der Waals surface area contributed by atoms with Gasteiger partial charge in [0, 0.05) is 13.6 Å². The van der Waals surface area contributed by atoms with E-state index in [0.29, 0.717) is 5.56 Å². The smallest absolute Gasteiger partial charge is 0.397 e. The molecule has 0 aliphatic rings. The van der Waals surface area contributed by atoms with E-state index in [9.17, 15) is 22.8 Å². The van der Waals surface area contributed by atoms with Gasteiger partial charge in [-0.1, -0.05) is 12.1 Å². The molecule has 0 radical (unpaired) electrons. The van der Waals surface area contributed by atoms with Crippen LogP contribution in [0.25, 0.3) is 0 Å². The summed E-state index contributed by atoms with van der Waals surface area (Å²) in [7, 11) is 1.26. The number of amides is 1. The van der Waals surface area contributed by atoms with Crippen molar-refractivity contribution < 1.29 is 27.9 Å². The Labute approximate surface area is 107 Å². The monoisotopic (exact) mass is 275 g/mol. The van der Waals surface area contributed by atoms with E-state index in [4.69, 9.17) is 5.11 Å². The summed E-state index contributed by atoms with van der Waals surface area (Å²) < 4.78 is 36.1. The van der Waals surface area contributed by atoms with Crippen molar-refractivity contribution in [2.45, 2.75) is 19.1 Å². The van der Waals surface area contributed by atoms with Crippen LogP contribution in [0.1, 0.15) is 22.3 Å². The second-order valence-electron chi connectivity index (χ2n) is 4.04. The molecule has 1 rings (SSSR count). The zero-order valence-electron chi connectivity index (χ0n) is 10.1. The minimum absolute atomic E-state index is 0.00515. The maximum atomic E-state index is 12.0. The van der Waals surface area contributed by atoms with Crippen LogP contribution in [0, 0.1) is 0 Å². The lowest BCUT2D eigenvalue weighted by molar-refractivity contribution is -0.160. The minimum Gasteiger partial charge on any atom is -0.478 e. The van der Waals surface area contributed by atoms with Gasteiger partial charge in [0.05, 0.1) is 5.56 Å². The number of alkyl halides is 3. The van der Waals surface area contributed by atoms with Crippen LogP contribution in [0.4, 0.5) is 13.2 Å². The summed E-state index contributed by atoms with van der Waals surface area (Å²) in [6.45, 7) is -0.00515. The fourth-order valence-electron chi connectivity index (χ4n) is 1.42. The summed E-state index contributed by atoms with van der Waals surface area (Å²) >= 11 is 0. The molecule has 104 valence electrons. The van der Waals surface area contributed by atoms with Gasteiger partial charge in [0.25, 0.3) is 0 Å². The van der Waals surface area contributed by atoms with Gasteiger partial charge in [-0.25, -0.2) is 4.79 Å². The molecule has 4 nitrogen and oxygen atoms in total. The highest BCUT2D eigenvalue weighted by Crippen LogP contribution is 2.20. The first kappa shape index (κ1) is 15.0. The number of rotatable bonds is 4. The van der Waals surface area contributed by atoms with Crippen LogP contribution in [0.2, 0.25) is 0 Å². The lowest BCUT2D eigenvalue weighted by Crippen LogP contribution is -2.30. The maximum absolute atomic E-state index is 12.0. The Morgan fingerprint density at radius 1 is 1.21 bits per heavy atom. The summed E-state index contributed by atoms with van der Waals surface area (Å²) in [4.78, 5) is 22.8. The molecule has 0 atom stereocenters. The van der Waals surface area contributed by atoms with E-state index in [1.807, 2.05) is 0 Å². The van der Waals surface area contributed by atoms with Gasteiger partial charge in [-0.05, 0) is 17.7 Å². The second-order valence-corrected chi connectivity index (χ2v) is 4.04. The summed E-state index contributed by atoms with van der Waals surface area (Å²) in [5.41, 5.74) is 0.635. The van der Waals surface area contributed by atoms with Crippen LogP contribution in [0.15, 0.2) is 24.3 Å². The molecule has 0 aliphatic carbocycles. The van der Waals surface area contributed by atoms with Crippen molar-refractivity contribution in [1.29, 1.82) is 0 Å². The molecule has 0 fully saturated rings. The van der Waals surface area contributed by atoms with Crippen LogP contribution in [-0.4, -0.2) is 35.1 Å². The molecular weight excluding hydrogens is 263 g/mol. The van der Waals surface area contributed by atoms with Crippen LogP contribution in [-0.2, 0) is 11.3 Å². The molecule has 0 heterocycles. The quantitative estimate of drug-likeness (QED) is 0.917. The number of carboxylic acid groups (broad SMARTS) is 1. The average Bonchev–Trinajstić information content (AvgIpc) is 2.27. The molecule has 1 amide bonds. The summed E-state index contributed by atoms with van der Waals surface area (Å²) in [6.07, 6.45) is -6.03. The second kappa shape index (κ2) is 5.73. The number of halogens is 3. The molecule has 0 aliphatic heterocycles. The standard InChI is InChI=1S/C12H12F3NO3/c1-16(10(17)6-12(13,14)15)7-8-2-4-9(5-3-8)11(18)19/h2-5H,6-7H2,1H3,(H,18,19). The van der Waals surface area contributed by atoms with Gasteiger partial charge in [0.2, 0.25) is 5.91 Å². The Kier molecular flexibility index (Phi) is 4.52. The fourth-order valence-corrected chi connectivity index (χ4v) is 1.42. The van der Waals surface area contributed by atoms with Crippen molar-refractivity contribution in [3.63, 3.8) is 0 Å². The summed E-state index contributed by atoms with van der Waals surface area (Å²) in [6, 6.07) is 5.58. The van der Waals surface area contributed by atoms with E-state index >= 15 is 0 Å². The lowest BCUT2D eigenvalue weighted by atomic mass is 10.1. The molecule has 0 aromatic heterocycles. The number of hydrogen-bond acceptors (Lipinski definition) is 2. The maximum Gasteiger partial charge on any atom is 0.397 e. The van der Waals surface area contributed by atoms with E-state index in [0.717, 1.165) is 4.90 Å². The Balaban J connectivity index is 2.64.